The van der Waals surface area contributed by atoms with Crippen molar-refractivity contribution in [1.29, 1.82) is 0 Å². The number of carbonyl (C=O) groups is 1. The van der Waals surface area contributed by atoms with Crippen LogP contribution in [-0.4, -0.2) is 52.5 Å². The van der Waals surface area contributed by atoms with Gasteiger partial charge in [0.25, 0.3) is 0 Å². The van der Waals surface area contributed by atoms with Crippen LogP contribution < -0.4 is 5.32 Å². The van der Waals surface area contributed by atoms with Crippen LogP contribution in [0.5, 0.6) is 0 Å². The highest BCUT2D eigenvalue weighted by atomic mass is 16.5. The summed E-state index contributed by atoms with van der Waals surface area (Å²) in [6.45, 7) is -0.451. The van der Waals surface area contributed by atoms with E-state index in [1.807, 2.05) is 0 Å². The number of aliphatic hydroxyl groups is 2. The lowest BCUT2D eigenvalue weighted by Gasteiger charge is -2.13. The van der Waals surface area contributed by atoms with Crippen LogP contribution in [0.3, 0.4) is 0 Å². The van der Waals surface area contributed by atoms with E-state index in [4.69, 9.17) is 10.2 Å². The van der Waals surface area contributed by atoms with Gasteiger partial charge in [0.2, 0.25) is 0 Å². The van der Waals surface area contributed by atoms with E-state index in [1.54, 1.807) is 0 Å². The predicted octanol–water partition coefficient (Wildman–Crippen LogP) is -0.972. The minimum Gasteiger partial charge on any atom is -0.464 e. The van der Waals surface area contributed by atoms with E-state index in [0.29, 0.717) is 5.82 Å². The highest BCUT2D eigenvalue weighted by molar-refractivity contribution is 5.86. The van der Waals surface area contributed by atoms with Crippen LogP contribution in [0.4, 0.5) is 5.82 Å². The Morgan fingerprint density at radius 1 is 1.44 bits per heavy atom. The number of aliphatic hydroxyl groups excluding tert-OH is 2. The summed E-state index contributed by atoms with van der Waals surface area (Å²) in [6, 6.07) is -0.502. The lowest BCUT2D eigenvalue weighted by molar-refractivity contribution is 0.0593. The van der Waals surface area contributed by atoms with Crippen LogP contribution in [-0.2, 0) is 4.74 Å². The molecule has 1 aromatic heterocycles. The number of nitrogens with one attached hydrogen (secondary N) is 1. The van der Waals surface area contributed by atoms with E-state index in [-0.39, 0.29) is 18.9 Å². The van der Waals surface area contributed by atoms with Gasteiger partial charge in [0.15, 0.2) is 5.69 Å². The van der Waals surface area contributed by atoms with Crippen LogP contribution >= 0.6 is 0 Å². The fourth-order valence-corrected chi connectivity index (χ4v) is 0.971. The molecule has 0 spiro atoms. The maximum atomic E-state index is 11.0. The van der Waals surface area contributed by atoms with Crippen molar-refractivity contribution in [1.82, 2.24) is 9.97 Å². The van der Waals surface area contributed by atoms with Gasteiger partial charge < -0.3 is 20.3 Å². The third-order valence-corrected chi connectivity index (χ3v) is 1.84. The molecule has 0 aliphatic rings. The minimum absolute atomic E-state index is 0.0950. The van der Waals surface area contributed by atoms with Crippen LogP contribution in [0.15, 0.2) is 12.4 Å². The zero-order chi connectivity index (χ0) is 12.0. The Morgan fingerprint density at radius 2 is 2.12 bits per heavy atom. The standard InChI is InChI=1S/C9H13N3O4/c1-16-9(15)7-2-11-8(3-10-7)12-6(4-13)5-14/h2-3,6,13-14H,4-5H2,1H3,(H,11,12). The molecular formula is C9H13N3O4. The molecule has 0 unspecified atom stereocenters. The number of anilines is 1. The van der Waals surface area contributed by atoms with Crippen molar-refractivity contribution in [3.8, 4) is 0 Å². The smallest absolute Gasteiger partial charge is 0.358 e. The van der Waals surface area contributed by atoms with Gasteiger partial charge in [-0.1, -0.05) is 0 Å². The number of carbonyl (C=O) groups excluding carboxylic acids is 1. The molecule has 3 N–H and O–H groups in total. The first-order valence-electron chi connectivity index (χ1n) is 4.60. The molecule has 0 amide bonds. The SMILES string of the molecule is COC(=O)c1cnc(NC(CO)CO)cn1. The van der Waals surface area contributed by atoms with Gasteiger partial charge in [-0.3, -0.25) is 0 Å². The van der Waals surface area contributed by atoms with Gasteiger partial charge in [0.05, 0.1) is 38.8 Å². The molecule has 0 aliphatic heterocycles. The number of hydrogen-bond donors (Lipinski definition) is 3. The molecule has 0 aliphatic carbocycles. The molecule has 1 heterocycles. The zero-order valence-corrected chi connectivity index (χ0v) is 8.75. The summed E-state index contributed by atoms with van der Waals surface area (Å²) in [5.74, 6) is -0.208. The van der Waals surface area contributed by atoms with Gasteiger partial charge in [-0.2, -0.15) is 0 Å². The number of aromatic nitrogens is 2. The summed E-state index contributed by atoms with van der Waals surface area (Å²) >= 11 is 0. The number of rotatable bonds is 5. The topological polar surface area (TPSA) is 105 Å². The summed E-state index contributed by atoms with van der Waals surface area (Å²) in [6.07, 6.45) is 2.57. The summed E-state index contributed by atoms with van der Waals surface area (Å²) in [4.78, 5) is 18.7. The van der Waals surface area contributed by atoms with Crippen molar-refractivity contribution in [2.24, 2.45) is 0 Å². The highest BCUT2D eigenvalue weighted by Gasteiger charge is 2.09. The number of nitrogens with zero attached hydrogens (tertiary/aromatic N) is 2. The molecule has 0 saturated carbocycles. The number of hydrogen-bond acceptors (Lipinski definition) is 7. The Kier molecular flexibility index (Phi) is 4.62. The van der Waals surface area contributed by atoms with Crippen LogP contribution in [0.25, 0.3) is 0 Å². The monoisotopic (exact) mass is 227 g/mol. The highest BCUT2D eigenvalue weighted by Crippen LogP contribution is 2.03. The van der Waals surface area contributed by atoms with Crippen molar-refractivity contribution in [2.45, 2.75) is 6.04 Å². The molecule has 1 aromatic rings. The maximum absolute atomic E-state index is 11.0. The van der Waals surface area contributed by atoms with Crippen molar-refractivity contribution in [2.75, 3.05) is 25.6 Å². The molecule has 0 fully saturated rings. The molecule has 0 atom stereocenters. The Labute approximate surface area is 92.1 Å². The Bertz CT molecular complexity index is 337. The zero-order valence-electron chi connectivity index (χ0n) is 8.75. The van der Waals surface area contributed by atoms with Gasteiger partial charge in [-0.25, -0.2) is 14.8 Å². The number of methoxy groups -OCH3 is 1. The van der Waals surface area contributed by atoms with Gasteiger partial charge in [0, 0.05) is 0 Å². The molecule has 0 radical (unpaired) electrons. The van der Waals surface area contributed by atoms with Gasteiger partial charge in [0.1, 0.15) is 5.82 Å². The molecule has 0 aromatic carbocycles. The van der Waals surface area contributed by atoms with E-state index in [0.717, 1.165) is 0 Å². The Balaban J connectivity index is 2.67. The van der Waals surface area contributed by atoms with Crippen molar-refractivity contribution < 1.29 is 19.7 Å². The fraction of sp³-hybridized carbons (Fsp3) is 0.444. The quantitative estimate of drug-likeness (QED) is 0.556. The predicted molar refractivity (Wildman–Crippen MR) is 55.0 cm³/mol. The van der Waals surface area contributed by atoms with Gasteiger partial charge in [-0.05, 0) is 0 Å². The third kappa shape index (κ3) is 3.14. The largest absolute Gasteiger partial charge is 0.464 e. The normalized spacial score (nSPS) is 10.2. The fourth-order valence-electron chi connectivity index (χ4n) is 0.971. The number of esters is 1. The van der Waals surface area contributed by atoms with Crippen molar-refractivity contribution in [3.05, 3.63) is 18.1 Å². The van der Waals surface area contributed by atoms with E-state index >= 15 is 0 Å². The molecule has 7 nitrogen and oxygen atoms in total. The minimum atomic E-state index is -0.570. The third-order valence-electron chi connectivity index (χ3n) is 1.84. The average molecular weight is 227 g/mol. The van der Waals surface area contributed by atoms with Crippen LogP contribution in [0.1, 0.15) is 10.5 Å². The van der Waals surface area contributed by atoms with Crippen molar-refractivity contribution >= 4 is 11.8 Å². The molecule has 0 saturated heterocycles. The summed E-state index contributed by atoms with van der Waals surface area (Å²) in [7, 11) is 1.25. The van der Waals surface area contributed by atoms with Gasteiger partial charge in [-0.15, -0.1) is 0 Å². The lowest BCUT2D eigenvalue weighted by atomic mass is 10.3. The van der Waals surface area contributed by atoms with E-state index in [2.05, 4.69) is 20.0 Å². The van der Waals surface area contributed by atoms with Crippen LogP contribution in [0, 0.1) is 0 Å². The first-order chi connectivity index (χ1) is 7.71. The maximum Gasteiger partial charge on any atom is 0.358 e. The van der Waals surface area contributed by atoms with Crippen LogP contribution in [0.2, 0.25) is 0 Å². The second-order valence-electron chi connectivity index (χ2n) is 2.98. The molecule has 88 valence electrons. The summed E-state index contributed by atoms with van der Waals surface area (Å²) in [5, 5.41) is 20.4. The molecule has 1 rings (SSSR count). The Hall–Kier alpha value is -1.73. The van der Waals surface area contributed by atoms with Crippen molar-refractivity contribution in [3.63, 3.8) is 0 Å². The summed E-state index contributed by atoms with van der Waals surface area (Å²) in [5.41, 5.74) is 0.0950. The van der Waals surface area contributed by atoms with E-state index in [1.165, 1.54) is 19.5 Å². The van der Waals surface area contributed by atoms with Gasteiger partial charge >= 0.3 is 5.97 Å². The van der Waals surface area contributed by atoms with E-state index in [9.17, 15) is 4.79 Å². The lowest BCUT2D eigenvalue weighted by Crippen LogP contribution is -2.28. The van der Waals surface area contributed by atoms with E-state index < -0.39 is 12.0 Å². The Morgan fingerprint density at radius 3 is 2.56 bits per heavy atom. The average Bonchev–Trinajstić information content (AvgIpc) is 2.35. The summed E-state index contributed by atoms with van der Waals surface area (Å²) < 4.78 is 4.46. The molecule has 16 heavy (non-hydrogen) atoms. The first kappa shape index (κ1) is 12.3. The molecular weight excluding hydrogens is 214 g/mol. The number of ether oxygens (including phenoxy) is 1. The molecule has 7 heteroatoms. The first-order valence-corrected chi connectivity index (χ1v) is 4.60. The molecule has 0 bridgehead atoms. The second kappa shape index (κ2) is 5.99. The second-order valence-corrected chi connectivity index (χ2v) is 2.98.